The molecule has 36 heavy (non-hydrogen) atoms. The second-order valence-corrected chi connectivity index (χ2v) is 9.47. The second-order valence-electron chi connectivity index (χ2n) is 9.06. The van der Waals surface area contributed by atoms with Crippen LogP contribution >= 0.6 is 11.6 Å². The molecule has 0 saturated carbocycles. The Balaban J connectivity index is 1.18. The number of anilines is 1. The van der Waals surface area contributed by atoms with Gasteiger partial charge < -0.3 is 15.0 Å². The van der Waals surface area contributed by atoms with Gasteiger partial charge in [-0.1, -0.05) is 42.8 Å². The van der Waals surface area contributed by atoms with Crippen molar-refractivity contribution in [2.75, 3.05) is 25.1 Å². The lowest BCUT2D eigenvalue weighted by Crippen LogP contribution is -2.32. The van der Waals surface area contributed by atoms with Crippen molar-refractivity contribution >= 4 is 28.8 Å². The number of carbonyl (C=O) groups is 1. The molecule has 2 aromatic carbocycles. The molecule has 4 aromatic rings. The first-order valence-corrected chi connectivity index (χ1v) is 12.7. The van der Waals surface area contributed by atoms with Crippen LogP contribution in [-0.4, -0.2) is 35.5 Å². The molecular weight excluding hydrogens is 472 g/mol. The molecule has 6 nitrogen and oxygen atoms in total. The zero-order valence-electron chi connectivity index (χ0n) is 20.6. The summed E-state index contributed by atoms with van der Waals surface area (Å²) >= 11 is 6.07. The molecule has 1 aliphatic rings. The lowest BCUT2D eigenvalue weighted by atomic mass is 9.89. The number of fused-ring (bicyclic) bond motifs is 1. The molecule has 7 heteroatoms. The first kappa shape index (κ1) is 24.0. The molecule has 1 fully saturated rings. The van der Waals surface area contributed by atoms with E-state index in [0.29, 0.717) is 40.9 Å². The summed E-state index contributed by atoms with van der Waals surface area (Å²) in [5.74, 6) is 1.30. The highest BCUT2D eigenvalue weighted by atomic mass is 35.5. The van der Waals surface area contributed by atoms with E-state index in [2.05, 4.69) is 63.7 Å². The van der Waals surface area contributed by atoms with Crippen molar-refractivity contribution in [2.24, 2.45) is 0 Å². The van der Waals surface area contributed by atoms with E-state index in [0.717, 1.165) is 37.2 Å². The van der Waals surface area contributed by atoms with Gasteiger partial charge in [0.1, 0.15) is 16.5 Å². The number of amides is 1. The SMILES string of the molecule is CCc1nc2c#cc(Cl)cn2c1C(=O)NCc1ccc(N2CCC(c3ccc(OC)cc3)CC2)cc1. The van der Waals surface area contributed by atoms with Crippen LogP contribution in [0.2, 0.25) is 5.02 Å². The van der Waals surface area contributed by atoms with Crippen LogP contribution < -0.4 is 15.0 Å². The van der Waals surface area contributed by atoms with Gasteiger partial charge in [0.2, 0.25) is 0 Å². The summed E-state index contributed by atoms with van der Waals surface area (Å²) < 4.78 is 6.97. The third-order valence-electron chi connectivity index (χ3n) is 6.91. The lowest BCUT2D eigenvalue weighted by Gasteiger charge is -2.34. The van der Waals surface area contributed by atoms with Crippen LogP contribution in [0.3, 0.4) is 0 Å². The maximum atomic E-state index is 13.0. The molecule has 1 aliphatic heterocycles. The number of halogens is 1. The highest BCUT2D eigenvalue weighted by Gasteiger charge is 2.21. The number of rotatable bonds is 7. The zero-order chi connectivity index (χ0) is 25.1. The second kappa shape index (κ2) is 10.5. The van der Waals surface area contributed by atoms with Gasteiger partial charge in [0, 0.05) is 31.5 Å². The molecule has 0 unspecified atom stereocenters. The van der Waals surface area contributed by atoms with Crippen LogP contribution in [0, 0.1) is 12.1 Å². The lowest BCUT2D eigenvalue weighted by molar-refractivity contribution is 0.0944. The van der Waals surface area contributed by atoms with Gasteiger partial charge in [0.25, 0.3) is 5.91 Å². The predicted octanol–water partition coefficient (Wildman–Crippen LogP) is 5.47. The fourth-order valence-corrected chi connectivity index (χ4v) is 5.02. The summed E-state index contributed by atoms with van der Waals surface area (Å²) in [7, 11) is 1.70. The Bertz CT molecular complexity index is 1340. The van der Waals surface area contributed by atoms with E-state index in [4.69, 9.17) is 16.3 Å². The molecule has 0 bridgehead atoms. The molecule has 5 rings (SSSR count). The number of ether oxygens (including phenoxy) is 1. The number of piperidine rings is 1. The first-order valence-electron chi connectivity index (χ1n) is 12.3. The molecule has 0 radical (unpaired) electrons. The number of nitrogens with zero attached hydrogens (tertiary/aromatic N) is 3. The predicted molar refractivity (Wildman–Crippen MR) is 142 cm³/mol. The smallest absolute Gasteiger partial charge is 0.270 e. The van der Waals surface area contributed by atoms with Crippen LogP contribution in [0.1, 0.15) is 53.0 Å². The third-order valence-corrected chi connectivity index (χ3v) is 7.10. The molecule has 1 N–H and O–H groups in total. The Morgan fingerprint density at radius 3 is 2.50 bits per heavy atom. The number of carbonyl (C=O) groups excluding carboxylic acids is 1. The number of methoxy groups -OCH3 is 1. The van der Waals surface area contributed by atoms with Crippen LogP contribution in [-0.2, 0) is 13.0 Å². The Hall–Kier alpha value is -3.69. The van der Waals surface area contributed by atoms with E-state index < -0.39 is 0 Å². The van der Waals surface area contributed by atoms with E-state index in [1.165, 1.54) is 11.3 Å². The van der Waals surface area contributed by atoms with Gasteiger partial charge in [-0.2, -0.15) is 0 Å². The molecule has 0 spiro atoms. The molecule has 2 aromatic heterocycles. The normalized spacial score (nSPS) is 14.0. The largest absolute Gasteiger partial charge is 0.497 e. The summed E-state index contributed by atoms with van der Waals surface area (Å²) in [6.07, 6.45) is 4.55. The van der Waals surface area contributed by atoms with Crippen molar-refractivity contribution < 1.29 is 9.53 Å². The number of aromatic nitrogens is 2. The van der Waals surface area contributed by atoms with Gasteiger partial charge >= 0.3 is 0 Å². The standard InChI is InChI=1S/C29H29ClN4O2/c1-3-26-28(34-19-23(30)8-13-27(34)32-26)29(35)31-18-20-4-9-24(10-5-20)33-16-14-22(15-17-33)21-6-11-25(36-2)12-7-21/h4-7,9-12,19,22H,3,14-18H2,1-2H3,(H,31,35). The average Bonchev–Trinajstić information content (AvgIpc) is 3.30. The Morgan fingerprint density at radius 1 is 1.11 bits per heavy atom. The fourth-order valence-electron chi connectivity index (χ4n) is 4.88. The van der Waals surface area contributed by atoms with Gasteiger partial charge in [-0.05, 0) is 72.7 Å². The summed E-state index contributed by atoms with van der Waals surface area (Å²) in [5, 5.41) is 3.42. The molecule has 184 valence electrons. The summed E-state index contributed by atoms with van der Waals surface area (Å²) in [4.78, 5) is 20.0. The van der Waals surface area contributed by atoms with Gasteiger partial charge in [-0.25, -0.2) is 4.98 Å². The minimum Gasteiger partial charge on any atom is -0.497 e. The third kappa shape index (κ3) is 4.98. The van der Waals surface area contributed by atoms with Gasteiger partial charge in [-0.3, -0.25) is 9.20 Å². The average molecular weight is 501 g/mol. The van der Waals surface area contributed by atoms with Crippen LogP contribution in [0.25, 0.3) is 5.65 Å². The number of aryl methyl sites for hydroxylation is 1. The number of hydrogen-bond acceptors (Lipinski definition) is 4. The zero-order valence-corrected chi connectivity index (χ0v) is 21.3. The van der Waals surface area contributed by atoms with Crippen LogP contribution in [0.15, 0.2) is 54.7 Å². The van der Waals surface area contributed by atoms with E-state index in [1.54, 1.807) is 17.7 Å². The summed E-state index contributed by atoms with van der Waals surface area (Å²) in [5.41, 5.74) is 5.40. The molecule has 1 amide bonds. The molecule has 0 aliphatic carbocycles. The Labute approximate surface area is 216 Å². The topological polar surface area (TPSA) is 58.9 Å². The van der Waals surface area contributed by atoms with Crippen LogP contribution in [0.4, 0.5) is 5.69 Å². The monoisotopic (exact) mass is 500 g/mol. The minimum absolute atomic E-state index is 0.181. The molecular formula is C29H29ClN4O2. The van der Waals surface area contributed by atoms with Crippen molar-refractivity contribution in [3.8, 4) is 5.75 Å². The Kier molecular flexibility index (Phi) is 7.02. The van der Waals surface area contributed by atoms with E-state index in [1.807, 2.05) is 19.1 Å². The minimum atomic E-state index is -0.181. The quantitative estimate of drug-likeness (QED) is 0.365. The number of nitrogens with one attached hydrogen (secondary N) is 1. The summed E-state index contributed by atoms with van der Waals surface area (Å²) in [6.45, 7) is 4.46. The van der Waals surface area contributed by atoms with E-state index in [-0.39, 0.29) is 5.91 Å². The molecule has 3 heterocycles. The van der Waals surface area contributed by atoms with Crippen molar-refractivity contribution in [1.29, 1.82) is 0 Å². The van der Waals surface area contributed by atoms with Crippen LogP contribution in [0.5, 0.6) is 5.75 Å². The molecule has 0 atom stereocenters. The van der Waals surface area contributed by atoms with Crippen molar-refractivity contribution in [1.82, 2.24) is 14.7 Å². The van der Waals surface area contributed by atoms with E-state index in [9.17, 15) is 4.79 Å². The van der Waals surface area contributed by atoms with Gasteiger partial charge in [0.15, 0.2) is 5.65 Å². The fraction of sp³-hybridized carbons (Fsp3) is 0.310. The first-order chi connectivity index (χ1) is 17.6. The van der Waals surface area contributed by atoms with Crippen molar-refractivity contribution in [3.63, 3.8) is 0 Å². The maximum Gasteiger partial charge on any atom is 0.270 e. The Morgan fingerprint density at radius 2 is 1.83 bits per heavy atom. The van der Waals surface area contributed by atoms with Crippen molar-refractivity contribution in [2.45, 2.75) is 38.6 Å². The van der Waals surface area contributed by atoms with Crippen molar-refractivity contribution in [3.05, 3.63) is 94.4 Å². The highest BCUT2D eigenvalue weighted by molar-refractivity contribution is 6.30. The van der Waals surface area contributed by atoms with Gasteiger partial charge in [0.05, 0.1) is 12.8 Å². The van der Waals surface area contributed by atoms with Gasteiger partial charge in [-0.15, -0.1) is 0 Å². The van der Waals surface area contributed by atoms with E-state index >= 15 is 0 Å². The summed E-state index contributed by atoms with van der Waals surface area (Å²) in [6, 6.07) is 22.6. The highest BCUT2D eigenvalue weighted by Crippen LogP contribution is 2.31. The number of hydrogen-bond donors (Lipinski definition) is 1. The number of imidazole rings is 1. The maximum absolute atomic E-state index is 13.0. The molecule has 1 saturated heterocycles. The number of benzene rings is 2.